The molecule has 4 heteroatoms. The van der Waals surface area contributed by atoms with Crippen LogP contribution in [0.4, 0.5) is 0 Å². The lowest BCUT2D eigenvalue weighted by atomic mass is 10.1. The zero-order valence-electron chi connectivity index (χ0n) is 8.47. The Labute approximate surface area is 92.2 Å². The molecule has 0 aromatic carbocycles. The summed E-state index contributed by atoms with van der Waals surface area (Å²) in [5, 5.41) is 8.59. The van der Waals surface area contributed by atoms with Gasteiger partial charge in [-0.25, -0.2) is 0 Å². The maximum atomic E-state index is 11.4. The van der Waals surface area contributed by atoms with Gasteiger partial charge in [0.25, 0.3) is 5.56 Å². The smallest absolute Gasteiger partial charge is 0.252 e. The highest BCUT2D eigenvalue weighted by Crippen LogP contribution is 2.16. The fraction of sp³-hybridized carbons (Fsp3) is 0.0833. The van der Waals surface area contributed by atoms with Gasteiger partial charge in [0.1, 0.15) is 0 Å². The van der Waals surface area contributed by atoms with E-state index in [9.17, 15) is 4.79 Å². The number of aromatic nitrogens is 2. The van der Waals surface area contributed by atoms with Crippen LogP contribution in [-0.4, -0.2) is 9.97 Å². The summed E-state index contributed by atoms with van der Waals surface area (Å²) in [6.45, 7) is 0. The van der Waals surface area contributed by atoms with Gasteiger partial charge in [-0.05, 0) is 29.3 Å². The minimum Gasteiger partial charge on any atom is -0.328 e. The van der Waals surface area contributed by atoms with Crippen LogP contribution < -0.4 is 5.56 Å². The molecule has 0 radical (unpaired) electrons. The molecule has 0 aliphatic carbocycles. The Morgan fingerprint density at radius 1 is 1.31 bits per heavy atom. The van der Waals surface area contributed by atoms with Gasteiger partial charge in [0.2, 0.25) is 0 Å². The van der Waals surface area contributed by atoms with E-state index >= 15 is 0 Å². The number of hydrogen-bond donors (Lipinski definition) is 1. The molecule has 0 bridgehead atoms. The van der Waals surface area contributed by atoms with E-state index in [-0.39, 0.29) is 12.0 Å². The van der Waals surface area contributed by atoms with Crippen molar-refractivity contribution >= 4 is 0 Å². The molecular weight excluding hydrogens is 202 g/mol. The van der Waals surface area contributed by atoms with Crippen LogP contribution in [0.15, 0.2) is 41.6 Å². The summed E-state index contributed by atoms with van der Waals surface area (Å²) < 4.78 is 0. The topological polar surface area (TPSA) is 69.5 Å². The number of hydrogen-bond acceptors (Lipinski definition) is 3. The zero-order valence-corrected chi connectivity index (χ0v) is 8.47. The second-order valence-electron chi connectivity index (χ2n) is 3.31. The van der Waals surface area contributed by atoms with Gasteiger partial charge in [0.15, 0.2) is 0 Å². The number of nitriles is 1. The minimum atomic E-state index is -0.209. The van der Waals surface area contributed by atoms with Gasteiger partial charge in [0, 0.05) is 24.2 Å². The number of pyridine rings is 2. The second kappa shape index (κ2) is 4.41. The normalized spacial score (nSPS) is 9.69. The first-order valence-corrected chi connectivity index (χ1v) is 4.80. The fourth-order valence-corrected chi connectivity index (χ4v) is 1.46. The predicted molar refractivity (Wildman–Crippen MR) is 59.6 cm³/mol. The third-order valence-corrected chi connectivity index (χ3v) is 2.26. The molecule has 0 aliphatic heterocycles. The molecule has 1 N–H and O–H groups in total. The van der Waals surface area contributed by atoms with Gasteiger partial charge in [-0.3, -0.25) is 9.78 Å². The zero-order chi connectivity index (χ0) is 11.4. The summed E-state index contributed by atoms with van der Waals surface area (Å²) in [7, 11) is 0. The lowest BCUT2D eigenvalue weighted by molar-refractivity contribution is 1.13. The first kappa shape index (κ1) is 10.1. The van der Waals surface area contributed by atoms with Crippen molar-refractivity contribution in [1.29, 1.82) is 5.26 Å². The molecule has 4 nitrogen and oxygen atoms in total. The van der Waals surface area contributed by atoms with Crippen molar-refractivity contribution < 1.29 is 0 Å². The van der Waals surface area contributed by atoms with Crippen LogP contribution in [-0.2, 0) is 6.42 Å². The van der Waals surface area contributed by atoms with E-state index in [4.69, 9.17) is 5.26 Å². The summed E-state index contributed by atoms with van der Waals surface area (Å²) in [4.78, 5) is 17.9. The lowest BCUT2D eigenvalue weighted by Gasteiger charge is -2.01. The highest BCUT2D eigenvalue weighted by molar-refractivity contribution is 5.62. The molecule has 0 amide bonds. The van der Waals surface area contributed by atoms with Gasteiger partial charge in [-0.1, -0.05) is 0 Å². The summed E-state index contributed by atoms with van der Waals surface area (Å²) in [6.07, 6.45) is 5.13. The van der Waals surface area contributed by atoms with Crippen LogP contribution in [0.3, 0.4) is 0 Å². The Morgan fingerprint density at radius 2 is 2.06 bits per heavy atom. The third-order valence-electron chi connectivity index (χ3n) is 2.26. The maximum Gasteiger partial charge on any atom is 0.252 e. The van der Waals surface area contributed by atoms with Crippen molar-refractivity contribution in [3.8, 4) is 17.2 Å². The molecular formula is C12H9N3O. The summed E-state index contributed by atoms with van der Waals surface area (Å²) in [5.41, 5.74) is 2.12. The van der Waals surface area contributed by atoms with Crippen LogP contribution in [0.5, 0.6) is 0 Å². The van der Waals surface area contributed by atoms with Crippen molar-refractivity contribution in [2.24, 2.45) is 0 Å². The SMILES string of the molecule is N#CCc1cc(-c2ccncc2)c[nH]c1=O. The molecule has 16 heavy (non-hydrogen) atoms. The van der Waals surface area contributed by atoms with Crippen LogP contribution in [0.1, 0.15) is 5.56 Å². The van der Waals surface area contributed by atoms with E-state index in [0.29, 0.717) is 5.56 Å². The molecule has 0 unspecified atom stereocenters. The summed E-state index contributed by atoms with van der Waals surface area (Å²) >= 11 is 0. The lowest BCUT2D eigenvalue weighted by Crippen LogP contribution is -2.11. The summed E-state index contributed by atoms with van der Waals surface area (Å²) in [5.74, 6) is 0. The molecule has 0 atom stereocenters. The third kappa shape index (κ3) is 1.98. The summed E-state index contributed by atoms with van der Waals surface area (Å²) in [6, 6.07) is 7.41. The molecule has 0 aliphatic rings. The molecule has 0 saturated carbocycles. The van der Waals surface area contributed by atoms with Gasteiger partial charge in [-0.2, -0.15) is 5.26 Å². The maximum absolute atomic E-state index is 11.4. The molecule has 2 rings (SSSR count). The van der Waals surface area contributed by atoms with E-state index in [0.717, 1.165) is 11.1 Å². The van der Waals surface area contributed by atoms with Crippen molar-refractivity contribution in [2.75, 3.05) is 0 Å². The Bertz CT molecular complexity index is 581. The molecule has 78 valence electrons. The van der Waals surface area contributed by atoms with E-state index in [2.05, 4.69) is 9.97 Å². The number of aromatic amines is 1. The fourth-order valence-electron chi connectivity index (χ4n) is 1.46. The van der Waals surface area contributed by atoms with E-state index in [1.165, 1.54) is 0 Å². The standard InChI is InChI=1S/C12H9N3O/c13-4-1-10-7-11(8-15-12(10)16)9-2-5-14-6-3-9/h2-3,5-8H,1H2,(H,15,16). The van der Waals surface area contributed by atoms with Gasteiger partial charge < -0.3 is 4.98 Å². The highest BCUT2D eigenvalue weighted by Gasteiger charge is 2.02. The Hall–Kier alpha value is -2.41. The van der Waals surface area contributed by atoms with Crippen LogP contribution in [0.2, 0.25) is 0 Å². The highest BCUT2D eigenvalue weighted by atomic mass is 16.1. The average Bonchev–Trinajstić information content (AvgIpc) is 2.33. The van der Waals surface area contributed by atoms with E-state index in [1.54, 1.807) is 24.7 Å². The quantitative estimate of drug-likeness (QED) is 0.818. The molecule has 2 heterocycles. The largest absolute Gasteiger partial charge is 0.328 e. The van der Waals surface area contributed by atoms with Crippen molar-refractivity contribution in [2.45, 2.75) is 6.42 Å². The molecule has 0 fully saturated rings. The molecule has 2 aromatic heterocycles. The van der Waals surface area contributed by atoms with Crippen molar-refractivity contribution in [3.05, 3.63) is 52.7 Å². The predicted octanol–water partition coefficient (Wildman–Crippen LogP) is 1.50. The van der Waals surface area contributed by atoms with Crippen LogP contribution >= 0.6 is 0 Å². The number of nitrogens with zero attached hydrogens (tertiary/aromatic N) is 2. The Morgan fingerprint density at radius 3 is 2.75 bits per heavy atom. The first-order chi connectivity index (χ1) is 7.81. The van der Waals surface area contributed by atoms with E-state index < -0.39 is 0 Å². The van der Waals surface area contributed by atoms with E-state index in [1.807, 2.05) is 18.2 Å². The Kier molecular flexibility index (Phi) is 2.79. The number of nitrogens with one attached hydrogen (secondary N) is 1. The van der Waals surface area contributed by atoms with Crippen molar-refractivity contribution in [1.82, 2.24) is 9.97 Å². The molecule has 0 saturated heterocycles. The first-order valence-electron chi connectivity index (χ1n) is 4.80. The second-order valence-corrected chi connectivity index (χ2v) is 3.31. The minimum absolute atomic E-state index is 0.119. The molecule has 0 spiro atoms. The molecule has 2 aromatic rings. The van der Waals surface area contributed by atoms with Gasteiger partial charge in [-0.15, -0.1) is 0 Å². The van der Waals surface area contributed by atoms with Crippen LogP contribution in [0.25, 0.3) is 11.1 Å². The van der Waals surface area contributed by atoms with Gasteiger partial charge in [0.05, 0.1) is 12.5 Å². The van der Waals surface area contributed by atoms with Crippen LogP contribution in [0, 0.1) is 11.3 Å². The Balaban J connectivity index is 2.49. The monoisotopic (exact) mass is 211 g/mol. The number of rotatable bonds is 2. The number of H-pyrrole nitrogens is 1. The average molecular weight is 211 g/mol. The van der Waals surface area contributed by atoms with Crippen molar-refractivity contribution in [3.63, 3.8) is 0 Å². The van der Waals surface area contributed by atoms with Gasteiger partial charge >= 0.3 is 0 Å².